The fourth-order valence-electron chi connectivity index (χ4n) is 2.51. The van der Waals surface area contributed by atoms with E-state index in [9.17, 15) is 0 Å². The van der Waals surface area contributed by atoms with Crippen LogP contribution in [0.25, 0.3) is 0 Å². The minimum absolute atomic E-state index is 0.469. The van der Waals surface area contributed by atoms with Crippen LogP contribution in [0.4, 0.5) is 17.2 Å². The lowest BCUT2D eigenvalue weighted by atomic mass is 10.2. The topological polar surface area (TPSA) is 19.4 Å². The molecule has 98 valence electrons. The van der Waals surface area contributed by atoms with Crippen LogP contribution in [0, 0.1) is 6.92 Å². The van der Waals surface area contributed by atoms with Gasteiger partial charge in [-0.25, -0.2) is 4.98 Å². The van der Waals surface area contributed by atoms with Crippen molar-refractivity contribution in [3.8, 4) is 0 Å². The molecule has 0 fully saturated rings. The molecule has 0 atom stereocenters. The molecule has 1 aromatic carbocycles. The number of pyridine rings is 1. The van der Waals surface area contributed by atoms with Crippen molar-refractivity contribution in [1.29, 1.82) is 0 Å². The van der Waals surface area contributed by atoms with Crippen molar-refractivity contribution in [3.63, 3.8) is 0 Å². The maximum atomic E-state index is 4.63. The Morgan fingerprint density at radius 2 is 1.89 bits per heavy atom. The van der Waals surface area contributed by atoms with E-state index in [4.69, 9.17) is 0 Å². The Kier molecular flexibility index (Phi) is 2.90. The third-order valence-corrected chi connectivity index (χ3v) is 3.53. The van der Waals surface area contributed by atoms with Crippen molar-refractivity contribution in [1.82, 2.24) is 4.98 Å². The van der Waals surface area contributed by atoms with Crippen LogP contribution in [0.2, 0.25) is 0 Å². The molecule has 19 heavy (non-hydrogen) atoms. The largest absolute Gasteiger partial charge is 0.348 e. The van der Waals surface area contributed by atoms with Crippen LogP contribution in [-0.2, 0) is 0 Å². The van der Waals surface area contributed by atoms with Crippen LogP contribution >= 0.6 is 0 Å². The highest BCUT2D eigenvalue weighted by atomic mass is 15.4. The van der Waals surface area contributed by atoms with E-state index >= 15 is 0 Å². The SMILES string of the molecule is Cc1cnc2c(c1)N(C(C)C)CN2c1ccccc1. The summed E-state index contributed by atoms with van der Waals surface area (Å²) < 4.78 is 0. The van der Waals surface area contributed by atoms with E-state index in [0.29, 0.717) is 6.04 Å². The maximum Gasteiger partial charge on any atom is 0.158 e. The third-order valence-electron chi connectivity index (χ3n) is 3.53. The Morgan fingerprint density at radius 3 is 2.58 bits per heavy atom. The molecule has 0 amide bonds. The zero-order chi connectivity index (χ0) is 13.4. The predicted molar refractivity (Wildman–Crippen MR) is 80.0 cm³/mol. The minimum atomic E-state index is 0.469. The van der Waals surface area contributed by atoms with Crippen LogP contribution in [0.3, 0.4) is 0 Å². The number of aromatic nitrogens is 1. The van der Waals surface area contributed by atoms with Gasteiger partial charge in [-0.3, -0.25) is 0 Å². The van der Waals surface area contributed by atoms with E-state index in [1.54, 1.807) is 0 Å². The molecular formula is C16H19N3. The van der Waals surface area contributed by atoms with Gasteiger partial charge in [0.05, 0.1) is 12.4 Å². The number of rotatable bonds is 2. The lowest BCUT2D eigenvalue weighted by Gasteiger charge is -2.24. The van der Waals surface area contributed by atoms with Crippen molar-refractivity contribution in [2.24, 2.45) is 0 Å². The summed E-state index contributed by atoms with van der Waals surface area (Å²) in [6.07, 6.45) is 1.94. The molecule has 0 unspecified atom stereocenters. The second-order valence-electron chi connectivity index (χ2n) is 5.32. The van der Waals surface area contributed by atoms with Crippen LogP contribution in [0.15, 0.2) is 42.6 Å². The first-order valence-corrected chi connectivity index (χ1v) is 6.72. The quantitative estimate of drug-likeness (QED) is 0.813. The summed E-state index contributed by atoms with van der Waals surface area (Å²) in [7, 11) is 0. The van der Waals surface area contributed by atoms with Gasteiger partial charge < -0.3 is 9.80 Å². The van der Waals surface area contributed by atoms with Crippen LogP contribution in [0.1, 0.15) is 19.4 Å². The first-order valence-electron chi connectivity index (χ1n) is 6.72. The first-order chi connectivity index (χ1) is 9.16. The molecule has 1 aromatic heterocycles. The normalized spacial score (nSPS) is 14.1. The number of para-hydroxylation sites is 1. The highest BCUT2D eigenvalue weighted by Gasteiger charge is 2.29. The zero-order valence-electron chi connectivity index (χ0n) is 11.7. The van der Waals surface area contributed by atoms with Gasteiger partial charge in [0.1, 0.15) is 0 Å². The number of anilines is 3. The minimum Gasteiger partial charge on any atom is -0.348 e. The summed E-state index contributed by atoms with van der Waals surface area (Å²) in [4.78, 5) is 9.30. The average Bonchev–Trinajstić information content (AvgIpc) is 2.78. The van der Waals surface area contributed by atoms with Crippen molar-refractivity contribution < 1.29 is 0 Å². The Bertz CT molecular complexity index is 578. The van der Waals surface area contributed by atoms with Gasteiger partial charge in [-0.2, -0.15) is 0 Å². The number of hydrogen-bond donors (Lipinski definition) is 0. The summed E-state index contributed by atoms with van der Waals surface area (Å²) in [6.45, 7) is 7.41. The van der Waals surface area contributed by atoms with Gasteiger partial charge in [0, 0.05) is 17.9 Å². The van der Waals surface area contributed by atoms with Gasteiger partial charge in [0.25, 0.3) is 0 Å². The van der Waals surface area contributed by atoms with Crippen LogP contribution < -0.4 is 9.80 Å². The lowest BCUT2D eigenvalue weighted by Crippen LogP contribution is -2.33. The molecule has 0 radical (unpaired) electrons. The van der Waals surface area contributed by atoms with Gasteiger partial charge in [0.2, 0.25) is 0 Å². The van der Waals surface area contributed by atoms with Crippen LogP contribution in [-0.4, -0.2) is 17.7 Å². The smallest absolute Gasteiger partial charge is 0.158 e. The molecule has 0 bridgehead atoms. The third kappa shape index (κ3) is 2.05. The number of aryl methyl sites for hydroxylation is 1. The van der Waals surface area contributed by atoms with E-state index in [-0.39, 0.29) is 0 Å². The molecule has 0 aliphatic carbocycles. The number of hydrogen-bond acceptors (Lipinski definition) is 3. The molecule has 1 aliphatic heterocycles. The van der Waals surface area contributed by atoms with E-state index in [0.717, 1.165) is 12.5 Å². The molecular weight excluding hydrogens is 234 g/mol. The average molecular weight is 253 g/mol. The van der Waals surface area contributed by atoms with Crippen molar-refractivity contribution in [3.05, 3.63) is 48.2 Å². The maximum absolute atomic E-state index is 4.63. The molecule has 0 saturated carbocycles. The Balaban J connectivity index is 2.07. The Hall–Kier alpha value is -2.03. The molecule has 0 spiro atoms. The Labute approximate surface area is 114 Å². The summed E-state index contributed by atoms with van der Waals surface area (Å²) in [5, 5.41) is 0. The standard InChI is InChI=1S/C16H19N3/c1-12(2)18-11-19(14-7-5-4-6-8-14)16-15(18)9-13(3)10-17-16/h4-10,12H,11H2,1-3H3. The molecule has 1 aliphatic rings. The van der Waals surface area contributed by atoms with E-state index < -0.39 is 0 Å². The first kappa shape index (κ1) is 12.0. The lowest BCUT2D eigenvalue weighted by molar-refractivity contribution is 0.709. The van der Waals surface area contributed by atoms with Crippen LogP contribution in [0.5, 0.6) is 0 Å². The van der Waals surface area contributed by atoms with Gasteiger partial charge in [-0.05, 0) is 44.5 Å². The zero-order valence-corrected chi connectivity index (χ0v) is 11.7. The highest BCUT2D eigenvalue weighted by Crippen LogP contribution is 2.39. The second kappa shape index (κ2) is 4.57. The van der Waals surface area contributed by atoms with Crippen molar-refractivity contribution in [2.75, 3.05) is 16.5 Å². The molecule has 3 heteroatoms. The molecule has 0 N–H and O–H groups in total. The molecule has 0 saturated heterocycles. The summed E-state index contributed by atoms with van der Waals surface area (Å²) >= 11 is 0. The monoisotopic (exact) mass is 253 g/mol. The summed E-state index contributed by atoms with van der Waals surface area (Å²) in [5.74, 6) is 1.06. The fourth-order valence-corrected chi connectivity index (χ4v) is 2.51. The van der Waals surface area contributed by atoms with Gasteiger partial charge in [0.15, 0.2) is 5.82 Å². The molecule has 2 heterocycles. The second-order valence-corrected chi connectivity index (χ2v) is 5.32. The molecule has 3 rings (SSSR count). The van der Waals surface area contributed by atoms with E-state index in [2.05, 4.69) is 65.9 Å². The summed E-state index contributed by atoms with van der Waals surface area (Å²) in [5.41, 5.74) is 3.64. The number of fused-ring (bicyclic) bond motifs is 1. The van der Waals surface area contributed by atoms with E-state index in [1.807, 2.05) is 12.3 Å². The van der Waals surface area contributed by atoms with Gasteiger partial charge in [-0.1, -0.05) is 18.2 Å². The number of nitrogens with zero attached hydrogens (tertiary/aromatic N) is 3. The predicted octanol–water partition coefficient (Wildman–Crippen LogP) is 3.71. The van der Waals surface area contributed by atoms with E-state index in [1.165, 1.54) is 16.9 Å². The molecule has 2 aromatic rings. The fraction of sp³-hybridized carbons (Fsp3) is 0.312. The van der Waals surface area contributed by atoms with Gasteiger partial charge >= 0.3 is 0 Å². The van der Waals surface area contributed by atoms with Crippen molar-refractivity contribution >= 4 is 17.2 Å². The summed E-state index contributed by atoms with van der Waals surface area (Å²) in [6, 6.07) is 13.2. The van der Waals surface area contributed by atoms with Crippen molar-refractivity contribution in [2.45, 2.75) is 26.8 Å². The highest BCUT2D eigenvalue weighted by molar-refractivity contribution is 5.79. The Morgan fingerprint density at radius 1 is 1.16 bits per heavy atom. The molecule has 3 nitrogen and oxygen atoms in total. The van der Waals surface area contributed by atoms with Gasteiger partial charge in [-0.15, -0.1) is 0 Å². The number of benzene rings is 1.